The molecule has 1 amide bonds. The zero-order valence-electron chi connectivity index (χ0n) is 13.1. The van der Waals surface area contributed by atoms with Crippen molar-refractivity contribution in [3.8, 4) is 0 Å². The van der Waals surface area contributed by atoms with E-state index in [0.29, 0.717) is 11.4 Å². The van der Waals surface area contributed by atoms with Gasteiger partial charge in [0.1, 0.15) is 6.54 Å². The highest BCUT2D eigenvalue weighted by atomic mass is 32.2. The first-order chi connectivity index (χ1) is 10.9. The molecule has 23 heavy (non-hydrogen) atoms. The molecule has 0 bridgehead atoms. The average Bonchev–Trinajstić information content (AvgIpc) is 2.53. The largest absolute Gasteiger partial charge is 0.323 e. The Morgan fingerprint density at radius 1 is 1.22 bits per heavy atom. The van der Waals surface area contributed by atoms with Gasteiger partial charge in [-0.2, -0.15) is 0 Å². The Morgan fingerprint density at radius 3 is 2.43 bits per heavy atom. The molecule has 1 aromatic carbocycles. The number of benzene rings is 1. The van der Waals surface area contributed by atoms with Crippen molar-refractivity contribution in [1.82, 2.24) is 4.98 Å². The number of rotatable bonds is 6. The van der Waals surface area contributed by atoms with Crippen LogP contribution < -0.4 is 9.62 Å². The molecule has 0 radical (unpaired) electrons. The fourth-order valence-corrected chi connectivity index (χ4v) is 2.92. The van der Waals surface area contributed by atoms with E-state index < -0.39 is 15.9 Å². The van der Waals surface area contributed by atoms with Gasteiger partial charge in [0.2, 0.25) is 15.9 Å². The molecule has 1 N–H and O–H groups in total. The Bertz CT molecular complexity index is 759. The molecule has 2 aromatic rings. The fraction of sp³-hybridized carbons (Fsp3) is 0.250. The summed E-state index contributed by atoms with van der Waals surface area (Å²) in [7, 11) is -3.57. The van der Waals surface area contributed by atoms with Crippen LogP contribution in [0.4, 0.5) is 11.4 Å². The number of nitrogens with one attached hydrogen (secondary N) is 1. The van der Waals surface area contributed by atoms with Gasteiger partial charge in [-0.05, 0) is 36.2 Å². The molecule has 0 aliphatic rings. The maximum absolute atomic E-state index is 12.1. The summed E-state index contributed by atoms with van der Waals surface area (Å²) in [5.74, 6) is -0.428. The van der Waals surface area contributed by atoms with Crippen molar-refractivity contribution in [1.29, 1.82) is 0 Å². The van der Waals surface area contributed by atoms with Crippen molar-refractivity contribution in [2.45, 2.75) is 13.3 Å². The maximum Gasteiger partial charge on any atom is 0.245 e. The van der Waals surface area contributed by atoms with Crippen molar-refractivity contribution in [3.63, 3.8) is 0 Å². The molecule has 0 aliphatic heterocycles. The van der Waals surface area contributed by atoms with Gasteiger partial charge >= 0.3 is 0 Å². The first kappa shape index (κ1) is 17.0. The van der Waals surface area contributed by atoms with Crippen LogP contribution >= 0.6 is 0 Å². The Kier molecular flexibility index (Phi) is 5.33. The Hall–Kier alpha value is -2.41. The third kappa shape index (κ3) is 4.79. The number of carbonyl (C=O) groups is 1. The van der Waals surface area contributed by atoms with Gasteiger partial charge in [0.25, 0.3) is 0 Å². The van der Waals surface area contributed by atoms with Crippen LogP contribution in [0.2, 0.25) is 0 Å². The summed E-state index contributed by atoms with van der Waals surface area (Å²) in [6.07, 6.45) is 5.03. The van der Waals surface area contributed by atoms with Crippen molar-refractivity contribution >= 4 is 27.3 Å². The molecule has 122 valence electrons. The molecule has 0 fully saturated rings. The lowest BCUT2D eigenvalue weighted by molar-refractivity contribution is -0.114. The molecule has 0 atom stereocenters. The lowest BCUT2D eigenvalue weighted by Gasteiger charge is -2.22. The molecular formula is C16H19N3O3S. The number of carbonyl (C=O) groups excluding carboxylic acids is 1. The van der Waals surface area contributed by atoms with E-state index in [1.807, 2.05) is 19.1 Å². The highest BCUT2D eigenvalue weighted by Gasteiger charge is 2.20. The summed E-state index contributed by atoms with van der Waals surface area (Å²) in [5.41, 5.74) is 2.08. The van der Waals surface area contributed by atoms with E-state index in [2.05, 4.69) is 10.3 Å². The minimum absolute atomic E-state index is 0.292. The number of sulfonamides is 1. The van der Waals surface area contributed by atoms with Gasteiger partial charge in [0.15, 0.2) is 0 Å². The van der Waals surface area contributed by atoms with Gasteiger partial charge in [0, 0.05) is 6.20 Å². The number of amides is 1. The van der Waals surface area contributed by atoms with Crippen molar-refractivity contribution < 1.29 is 13.2 Å². The third-order valence-electron chi connectivity index (χ3n) is 3.27. The van der Waals surface area contributed by atoms with Crippen molar-refractivity contribution in [3.05, 3.63) is 54.4 Å². The molecule has 6 nitrogen and oxygen atoms in total. The number of pyridine rings is 1. The number of hydrogen-bond acceptors (Lipinski definition) is 4. The number of nitrogens with zero attached hydrogens (tertiary/aromatic N) is 2. The van der Waals surface area contributed by atoms with E-state index in [9.17, 15) is 13.2 Å². The van der Waals surface area contributed by atoms with Gasteiger partial charge in [-0.15, -0.1) is 0 Å². The second kappa shape index (κ2) is 7.23. The SMILES string of the molecule is CCc1ccc(N(CC(=O)Nc2cccnc2)S(C)(=O)=O)cc1. The molecule has 0 saturated carbocycles. The number of aromatic nitrogens is 1. The standard InChI is InChI=1S/C16H19N3O3S/c1-3-13-6-8-15(9-7-13)19(23(2,21)22)12-16(20)18-14-5-4-10-17-11-14/h4-11H,3,12H2,1-2H3,(H,18,20). The summed E-state index contributed by atoms with van der Waals surface area (Å²) in [6.45, 7) is 1.73. The van der Waals surface area contributed by atoms with Crippen LogP contribution in [0.1, 0.15) is 12.5 Å². The smallest absolute Gasteiger partial charge is 0.245 e. The molecule has 2 rings (SSSR count). The number of aryl methyl sites for hydroxylation is 1. The second-order valence-corrected chi connectivity index (χ2v) is 6.99. The van der Waals surface area contributed by atoms with E-state index in [1.54, 1.807) is 30.5 Å². The summed E-state index contributed by atoms with van der Waals surface area (Å²) in [4.78, 5) is 16.0. The minimum atomic E-state index is -3.57. The van der Waals surface area contributed by atoms with Gasteiger partial charge < -0.3 is 5.32 Å². The molecule has 1 heterocycles. The maximum atomic E-state index is 12.1. The molecule has 0 spiro atoms. The van der Waals surface area contributed by atoms with Crippen LogP contribution in [0.3, 0.4) is 0 Å². The van der Waals surface area contributed by atoms with Crippen LogP contribution in [-0.2, 0) is 21.2 Å². The van der Waals surface area contributed by atoms with E-state index in [0.717, 1.165) is 22.5 Å². The molecule has 0 aliphatic carbocycles. The molecule has 7 heteroatoms. The van der Waals surface area contributed by atoms with E-state index in [1.165, 1.54) is 6.20 Å². The Morgan fingerprint density at radius 2 is 1.91 bits per heavy atom. The van der Waals surface area contributed by atoms with Gasteiger partial charge in [-0.3, -0.25) is 14.1 Å². The van der Waals surface area contributed by atoms with Crippen molar-refractivity contribution in [2.24, 2.45) is 0 Å². The number of hydrogen-bond donors (Lipinski definition) is 1. The van der Waals surface area contributed by atoms with Crippen LogP contribution in [0, 0.1) is 0 Å². The van der Waals surface area contributed by atoms with Gasteiger partial charge in [-0.25, -0.2) is 8.42 Å². The average molecular weight is 333 g/mol. The fourth-order valence-electron chi connectivity index (χ4n) is 2.07. The predicted molar refractivity (Wildman–Crippen MR) is 90.9 cm³/mol. The minimum Gasteiger partial charge on any atom is -0.323 e. The summed E-state index contributed by atoms with van der Waals surface area (Å²) < 4.78 is 25.1. The lowest BCUT2D eigenvalue weighted by Crippen LogP contribution is -2.37. The molecule has 1 aromatic heterocycles. The van der Waals surface area contributed by atoms with Crippen LogP contribution in [0.5, 0.6) is 0 Å². The van der Waals surface area contributed by atoms with Gasteiger partial charge in [0.05, 0.1) is 23.8 Å². The number of anilines is 2. The Balaban J connectivity index is 2.17. The van der Waals surface area contributed by atoms with E-state index in [4.69, 9.17) is 0 Å². The first-order valence-electron chi connectivity index (χ1n) is 7.16. The zero-order chi connectivity index (χ0) is 16.9. The zero-order valence-corrected chi connectivity index (χ0v) is 13.9. The second-order valence-electron chi connectivity index (χ2n) is 5.08. The van der Waals surface area contributed by atoms with E-state index in [-0.39, 0.29) is 6.54 Å². The highest BCUT2D eigenvalue weighted by molar-refractivity contribution is 7.92. The third-order valence-corrected chi connectivity index (χ3v) is 4.41. The van der Waals surface area contributed by atoms with Crippen LogP contribution in [0.15, 0.2) is 48.8 Å². The lowest BCUT2D eigenvalue weighted by atomic mass is 10.1. The quantitative estimate of drug-likeness (QED) is 0.877. The summed E-state index contributed by atoms with van der Waals surface area (Å²) in [5, 5.41) is 2.63. The first-order valence-corrected chi connectivity index (χ1v) is 9.01. The van der Waals surface area contributed by atoms with Crippen LogP contribution in [0.25, 0.3) is 0 Å². The molecule has 0 saturated heterocycles. The van der Waals surface area contributed by atoms with Gasteiger partial charge in [-0.1, -0.05) is 19.1 Å². The van der Waals surface area contributed by atoms with Crippen molar-refractivity contribution in [2.75, 3.05) is 22.4 Å². The summed E-state index contributed by atoms with van der Waals surface area (Å²) in [6, 6.07) is 10.5. The summed E-state index contributed by atoms with van der Waals surface area (Å²) >= 11 is 0. The predicted octanol–water partition coefficient (Wildman–Crippen LogP) is 2.05. The topological polar surface area (TPSA) is 79.4 Å². The Labute approximate surface area is 136 Å². The monoisotopic (exact) mass is 333 g/mol. The van der Waals surface area contributed by atoms with E-state index >= 15 is 0 Å². The molecule has 0 unspecified atom stereocenters. The highest BCUT2D eigenvalue weighted by Crippen LogP contribution is 2.18. The van der Waals surface area contributed by atoms with Crippen LogP contribution in [-0.4, -0.2) is 32.1 Å². The normalized spacial score (nSPS) is 11.0. The molecular weight excluding hydrogens is 314 g/mol.